The fourth-order valence-electron chi connectivity index (χ4n) is 2.23. The van der Waals surface area contributed by atoms with E-state index in [4.69, 9.17) is 9.47 Å². The summed E-state index contributed by atoms with van der Waals surface area (Å²) in [4.78, 5) is 27.9. The maximum Gasteiger partial charge on any atom is 0.348 e. The fourth-order valence-corrected chi connectivity index (χ4v) is 2.23. The summed E-state index contributed by atoms with van der Waals surface area (Å²) in [6.45, 7) is 3.40. The van der Waals surface area contributed by atoms with Crippen molar-refractivity contribution in [3.8, 4) is 11.5 Å². The number of methoxy groups -OCH3 is 2. The van der Waals surface area contributed by atoms with E-state index in [0.717, 1.165) is 0 Å². The number of carbonyl (C=O) groups excluding carboxylic acids is 1. The molecule has 0 saturated heterocycles. The molecule has 2 rings (SSSR count). The molecule has 0 spiro atoms. The number of carbonyl (C=O) groups is 1. The molecule has 0 bridgehead atoms. The highest BCUT2D eigenvalue weighted by Gasteiger charge is 2.10. The Morgan fingerprint density at radius 3 is 2.48 bits per heavy atom. The van der Waals surface area contributed by atoms with Crippen molar-refractivity contribution in [1.29, 1.82) is 0 Å². The number of aryl methyl sites for hydroxylation is 2. The number of aromatic nitrogens is 2. The van der Waals surface area contributed by atoms with Crippen LogP contribution in [0.5, 0.6) is 11.5 Å². The third-order valence-corrected chi connectivity index (χ3v) is 3.32. The number of amides is 1. The Morgan fingerprint density at radius 1 is 1.17 bits per heavy atom. The Bertz CT molecular complexity index is 783. The highest BCUT2D eigenvalue weighted by Crippen LogP contribution is 2.29. The number of hydrogen-bond donors (Lipinski definition) is 1. The Balaban J connectivity index is 2.16. The lowest BCUT2D eigenvalue weighted by Gasteiger charge is -2.12. The zero-order valence-corrected chi connectivity index (χ0v) is 13.5. The third kappa shape index (κ3) is 3.88. The molecule has 0 atom stereocenters. The van der Waals surface area contributed by atoms with Crippen molar-refractivity contribution in [2.75, 3.05) is 19.5 Å². The van der Waals surface area contributed by atoms with Crippen LogP contribution in [0.3, 0.4) is 0 Å². The van der Waals surface area contributed by atoms with Gasteiger partial charge in [-0.05, 0) is 32.0 Å². The largest absolute Gasteiger partial charge is 0.493 e. The van der Waals surface area contributed by atoms with Gasteiger partial charge < -0.3 is 14.8 Å². The summed E-state index contributed by atoms with van der Waals surface area (Å²) >= 11 is 0. The van der Waals surface area contributed by atoms with Crippen molar-refractivity contribution < 1.29 is 14.3 Å². The summed E-state index contributed by atoms with van der Waals surface area (Å²) in [5.41, 5.74) is 1.43. The molecule has 122 valence electrons. The van der Waals surface area contributed by atoms with E-state index in [9.17, 15) is 9.59 Å². The molecule has 0 aliphatic rings. The molecular weight excluding hydrogens is 298 g/mol. The second-order valence-electron chi connectivity index (χ2n) is 5.03. The van der Waals surface area contributed by atoms with Crippen LogP contribution in [0, 0.1) is 13.8 Å². The number of rotatable bonds is 5. The van der Waals surface area contributed by atoms with E-state index >= 15 is 0 Å². The van der Waals surface area contributed by atoms with Gasteiger partial charge in [-0.1, -0.05) is 0 Å². The van der Waals surface area contributed by atoms with E-state index in [1.54, 1.807) is 38.1 Å². The molecule has 1 aromatic heterocycles. The van der Waals surface area contributed by atoms with E-state index in [1.807, 2.05) is 0 Å². The van der Waals surface area contributed by atoms with Crippen molar-refractivity contribution in [3.63, 3.8) is 0 Å². The minimum atomic E-state index is -0.440. The van der Waals surface area contributed by atoms with Gasteiger partial charge in [0.05, 0.1) is 14.2 Å². The topological polar surface area (TPSA) is 82.5 Å². The van der Waals surface area contributed by atoms with Gasteiger partial charge in [0.2, 0.25) is 5.91 Å². The number of nitrogens with one attached hydrogen (secondary N) is 1. The normalized spacial score (nSPS) is 10.3. The lowest BCUT2D eigenvalue weighted by Crippen LogP contribution is -2.31. The highest BCUT2D eigenvalue weighted by atomic mass is 16.5. The van der Waals surface area contributed by atoms with Crippen molar-refractivity contribution in [3.05, 3.63) is 46.1 Å². The molecule has 1 amide bonds. The van der Waals surface area contributed by atoms with Crippen molar-refractivity contribution >= 4 is 11.6 Å². The monoisotopic (exact) mass is 317 g/mol. The zero-order valence-electron chi connectivity index (χ0n) is 13.5. The van der Waals surface area contributed by atoms with Gasteiger partial charge in [0.25, 0.3) is 0 Å². The Labute approximate surface area is 133 Å². The summed E-state index contributed by atoms with van der Waals surface area (Å²) in [5, 5.41) is 2.72. The van der Waals surface area contributed by atoms with Crippen molar-refractivity contribution in [1.82, 2.24) is 9.55 Å². The molecule has 0 radical (unpaired) electrons. The summed E-state index contributed by atoms with van der Waals surface area (Å²) in [7, 11) is 3.06. The average Bonchev–Trinajstić information content (AvgIpc) is 2.50. The van der Waals surface area contributed by atoms with Gasteiger partial charge >= 0.3 is 5.69 Å². The molecule has 0 aliphatic carbocycles. The number of ether oxygens (including phenoxy) is 2. The zero-order chi connectivity index (χ0) is 17.0. The molecule has 7 heteroatoms. The van der Waals surface area contributed by atoms with E-state index in [-0.39, 0.29) is 12.5 Å². The van der Waals surface area contributed by atoms with Crippen molar-refractivity contribution in [2.45, 2.75) is 20.4 Å². The van der Waals surface area contributed by atoms with E-state index in [1.165, 1.54) is 18.8 Å². The Morgan fingerprint density at radius 2 is 1.87 bits per heavy atom. The van der Waals surface area contributed by atoms with Gasteiger partial charge in [0.1, 0.15) is 6.54 Å². The predicted octanol–water partition coefficient (Wildman–Crippen LogP) is 1.52. The van der Waals surface area contributed by atoms with Crippen LogP contribution in [0.1, 0.15) is 11.4 Å². The molecule has 1 heterocycles. The van der Waals surface area contributed by atoms with Gasteiger partial charge in [-0.2, -0.15) is 4.98 Å². The van der Waals surface area contributed by atoms with E-state index < -0.39 is 5.69 Å². The van der Waals surface area contributed by atoms with Crippen molar-refractivity contribution in [2.24, 2.45) is 0 Å². The quantitative estimate of drug-likeness (QED) is 0.904. The van der Waals surface area contributed by atoms with Crippen LogP contribution in [0.25, 0.3) is 0 Å². The maximum absolute atomic E-state index is 12.2. The van der Waals surface area contributed by atoms with Gasteiger partial charge in [-0.25, -0.2) is 4.79 Å². The number of hydrogen-bond acceptors (Lipinski definition) is 5. The predicted molar refractivity (Wildman–Crippen MR) is 86.1 cm³/mol. The molecular formula is C16H19N3O4. The summed E-state index contributed by atoms with van der Waals surface area (Å²) in [5.74, 6) is 0.754. The Kier molecular flexibility index (Phi) is 5.00. The smallest absolute Gasteiger partial charge is 0.348 e. The van der Waals surface area contributed by atoms with Crippen LogP contribution < -0.4 is 20.5 Å². The van der Waals surface area contributed by atoms with Gasteiger partial charge in [0.15, 0.2) is 11.5 Å². The first-order valence-corrected chi connectivity index (χ1v) is 7.01. The van der Waals surface area contributed by atoms with Gasteiger partial charge in [-0.15, -0.1) is 0 Å². The molecule has 23 heavy (non-hydrogen) atoms. The number of nitrogens with zero attached hydrogens (tertiary/aromatic N) is 2. The molecule has 1 aromatic carbocycles. The summed E-state index contributed by atoms with van der Waals surface area (Å²) in [6.07, 6.45) is 0. The van der Waals surface area contributed by atoms with Gasteiger partial charge in [-0.3, -0.25) is 9.36 Å². The fraction of sp³-hybridized carbons (Fsp3) is 0.312. The third-order valence-electron chi connectivity index (χ3n) is 3.32. The second-order valence-corrected chi connectivity index (χ2v) is 5.03. The lowest BCUT2D eigenvalue weighted by atomic mass is 10.2. The minimum Gasteiger partial charge on any atom is -0.493 e. The minimum absolute atomic E-state index is 0.105. The van der Waals surface area contributed by atoms with Gasteiger partial charge in [0, 0.05) is 23.1 Å². The molecule has 0 aliphatic heterocycles. The van der Waals surface area contributed by atoms with E-state index in [0.29, 0.717) is 28.6 Å². The SMILES string of the molecule is COc1ccc(NC(=O)Cn2c(C)cc(C)nc2=O)cc1OC. The first kappa shape index (κ1) is 16.5. The lowest BCUT2D eigenvalue weighted by molar-refractivity contribution is -0.116. The molecule has 7 nitrogen and oxygen atoms in total. The molecule has 1 N–H and O–H groups in total. The molecule has 0 unspecified atom stereocenters. The molecule has 0 fully saturated rings. The first-order chi connectivity index (χ1) is 10.9. The average molecular weight is 317 g/mol. The van der Waals surface area contributed by atoms with Crippen LogP contribution in [0.2, 0.25) is 0 Å². The molecule has 2 aromatic rings. The number of benzene rings is 1. The Hall–Kier alpha value is -2.83. The van der Waals surface area contributed by atoms with Crippen LogP contribution >= 0.6 is 0 Å². The van der Waals surface area contributed by atoms with Crippen LogP contribution in [-0.2, 0) is 11.3 Å². The first-order valence-electron chi connectivity index (χ1n) is 7.01. The molecule has 0 saturated carbocycles. The maximum atomic E-state index is 12.2. The second kappa shape index (κ2) is 6.95. The number of anilines is 1. The van der Waals surface area contributed by atoms with Crippen LogP contribution in [-0.4, -0.2) is 29.7 Å². The summed E-state index contributed by atoms with van der Waals surface area (Å²) < 4.78 is 11.7. The van der Waals surface area contributed by atoms with Crippen LogP contribution in [0.15, 0.2) is 29.1 Å². The summed E-state index contributed by atoms with van der Waals surface area (Å²) in [6, 6.07) is 6.80. The van der Waals surface area contributed by atoms with Crippen LogP contribution in [0.4, 0.5) is 5.69 Å². The highest BCUT2D eigenvalue weighted by molar-refractivity contribution is 5.91. The van der Waals surface area contributed by atoms with E-state index in [2.05, 4.69) is 10.3 Å². The standard InChI is InChI=1S/C16H19N3O4/c1-10-7-11(2)19(16(21)17-10)9-15(20)18-12-5-6-13(22-3)14(8-12)23-4/h5-8H,9H2,1-4H3,(H,18,20).